The normalized spacial score (nSPS) is 9.69. The second kappa shape index (κ2) is 3.94. The molecule has 0 unspecified atom stereocenters. The average molecular weight is 179 g/mol. The van der Waals surface area contributed by atoms with E-state index in [2.05, 4.69) is 5.32 Å². The lowest BCUT2D eigenvalue weighted by molar-refractivity contribution is -0.109. The Morgan fingerprint density at radius 1 is 1.46 bits per heavy atom. The van der Waals surface area contributed by atoms with Crippen LogP contribution in [-0.4, -0.2) is 11.5 Å². The minimum Gasteiger partial charge on any atom is -0.507 e. The summed E-state index contributed by atoms with van der Waals surface area (Å²) >= 11 is 0. The van der Waals surface area contributed by atoms with E-state index in [-0.39, 0.29) is 5.75 Å². The van der Waals surface area contributed by atoms with Crippen LogP contribution in [0.3, 0.4) is 0 Å². The first-order valence-electron chi connectivity index (χ1n) is 4.11. The number of amides is 1. The number of phenols is 1. The standard InChI is InChI=1S/C10H13NO2/c1-7-3-8(2)10(13)9(4-7)5-11-6-12/h3-4,6,13H,5H2,1-2H3,(H,11,12). The van der Waals surface area contributed by atoms with Crippen molar-refractivity contribution >= 4 is 6.41 Å². The molecule has 2 N–H and O–H groups in total. The van der Waals surface area contributed by atoms with E-state index in [4.69, 9.17) is 0 Å². The van der Waals surface area contributed by atoms with Crippen molar-refractivity contribution in [2.45, 2.75) is 20.4 Å². The van der Waals surface area contributed by atoms with Crippen molar-refractivity contribution in [3.63, 3.8) is 0 Å². The summed E-state index contributed by atoms with van der Waals surface area (Å²) in [6.45, 7) is 4.17. The minimum absolute atomic E-state index is 0.264. The number of phenolic OH excluding ortho intramolecular Hbond substituents is 1. The predicted molar refractivity (Wildman–Crippen MR) is 50.5 cm³/mol. The van der Waals surface area contributed by atoms with Crippen LogP contribution in [0.5, 0.6) is 5.75 Å². The zero-order valence-corrected chi connectivity index (χ0v) is 7.79. The van der Waals surface area contributed by atoms with Gasteiger partial charge in [-0.1, -0.05) is 17.7 Å². The second-order valence-corrected chi connectivity index (χ2v) is 3.09. The fraction of sp³-hybridized carbons (Fsp3) is 0.300. The lowest BCUT2D eigenvalue weighted by Gasteiger charge is -2.07. The Morgan fingerprint density at radius 3 is 2.77 bits per heavy atom. The first-order valence-corrected chi connectivity index (χ1v) is 4.11. The van der Waals surface area contributed by atoms with Crippen LogP contribution in [0.15, 0.2) is 12.1 Å². The van der Waals surface area contributed by atoms with Crippen LogP contribution in [0, 0.1) is 13.8 Å². The maximum Gasteiger partial charge on any atom is 0.207 e. The number of aromatic hydroxyl groups is 1. The van der Waals surface area contributed by atoms with Gasteiger partial charge < -0.3 is 10.4 Å². The molecule has 13 heavy (non-hydrogen) atoms. The van der Waals surface area contributed by atoms with Crippen molar-refractivity contribution in [2.75, 3.05) is 0 Å². The first kappa shape index (κ1) is 9.58. The number of aryl methyl sites for hydroxylation is 2. The molecule has 0 aliphatic heterocycles. The Morgan fingerprint density at radius 2 is 2.15 bits per heavy atom. The van der Waals surface area contributed by atoms with Crippen LogP contribution in [0.2, 0.25) is 0 Å². The Bertz CT molecular complexity index is 321. The summed E-state index contributed by atoms with van der Waals surface area (Å²) < 4.78 is 0. The highest BCUT2D eigenvalue weighted by Gasteiger charge is 2.04. The fourth-order valence-corrected chi connectivity index (χ4v) is 1.33. The highest BCUT2D eigenvalue weighted by atomic mass is 16.3. The number of carbonyl (C=O) groups excluding carboxylic acids is 1. The average Bonchev–Trinajstić information content (AvgIpc) is 2.09. The van der Waals surface area contributed by atoms with E-state index < -0.39 is 0 Å². The summed E-state index contributed by atoms with van der Waals surface area (Å²) in [6.07, 6.45) is 0.622. The molecule has 0 saturated heterocycles. The van der Waals surface area contributed by atoms with Gasteiger partial charge in [0.1, 0.15) is 5.75 Å². The second-order valence-electron chi connectivity index (χ2n) is 3.09. The molecule has 0 bridgehead atoms. The smallest absolute Gasteiger partial charge is 0.207 e. The van der Waals surface area contributed by atoms with E-state index >= 15 is 0 Å². The molecule has 0 aliphatic carbocycles. The largest absolute Gasteiger partial charge is 0.507 e. The highest BCUT2D eigenvalue weighted by molar-refractivity contribution is 5.48. The van der Waals surface area contributed by atoms with Gasteiger partial charge in [0.25, 0.3) is 0 Å². The highest BCUT2D eigenvalue weighted by Crippen LogP contribution is 2.23. The Hall–Kier alpha value is -1.51. The molecule has 1 aromatic rings. The van der Waals surface area contributed by atoms with E-state index in [1.807, 2.05) is 26.0 Å². The zero-order chi connectivity index (χ0) is 9.84. The van der Waals surface area contributed by atoms with Crippen molar-refractivity contribution in [3.8, 4) is 5.75 Å². The third-order valence-corrected chi connectivity index (χ3v) is 1.90. The van der Waals surface area contributed by atoms with Crippen LogP contribution in [-0.2, 0) is 11.3 Å². The number of benzene rings is 1. The van der Waals surface area contributed by atoms with Gasteiger partial charge in [0.2, 0.25) is 6.41 Å². The van der Waals surface area contributed by atoms with Crippen molar-refractivity contribution in [1.29, 1.82) is 0 Å². The van der Waals surface area contributed by atoms with Gasteiger partial charge in [-0.25, -0.2) is 0 Å². The summed E-state index contributed by atoms with van der Waals surface area (Å²) in [6, 6.07) is 3.76. The van der Waals surface area contributed by atoms with Crippen molar-refractivity contribution in [2.24, 2.45) is 0 Å². The van der Waals surface area contributed by atoms with E-state index in [0.717, 1.165) is 16.7 Å². The van der Waals surface area contributed by atoms with Crippen LogP contribution in [0.1, 0.15) is 16.7 Å². The maximum absolute atomic E-state index is 10.1. The summed E-state index contributed by atoms with van der Waals surface area (Å²) in [5, 5.41) is 12.1. The topological polar surface area (TPSA) is 49.3 Å². The number of carbonyl (C=O) groups is 1. The molecule has 3 heteroatoms. The molecule has 0 heterocycles. The van der Waals surface area contributed by atoms with E-state index in [1.54, 1.807) is 0 Å². The molecular weight excluding hydrogens is 166 g/mol. The quantitative estimate of drug-likeness (QED) is 0.686. The molecule has 0 spiro atoms. The molecule has 1 aromatic carbocycles. The summed E-state index contributed by atoms with van der Waals surface area (Å²) in [4.78, 5) is 10.1. The molecular formula is C10H13NO2. The van der Waals surface area contributed by atoms with Gasteiger partial charge in [0.05, 0.1) is 0 Å². The maximum atomic E-state index is 10.1. The number of hydrogen-bond acceptors (Lipinski definition) is 2. The number of nitrogens with one attached hydrogen (secondary N) is 1. The Balaban J connectivity index is 2.98. The van der Waals surface area contributed by atoms with Crippen LogP contribution >= 0.6 is 0 Å². The Labute approximate surface area is 77.4 Å². The van der Waals surface area contributed by atoms with Gasteiger partial charge in [-0.3, -0.25) is 4.79 Å². The molecule has 0 radical (unpaired) electrons. The van der Waals surface area contributed by atoms with Gasteiger partial charge in [-0.15, -0.1) is 0 Å². The molecule has 0 fully saturated rings. The molecule has 0 aliphatic rings. The summed E-state index contributed by atoms with van der Waals surface area (Å²) in [5.74, 6) is 0.264. The SMILES string of the molecule is Cc1cc(C)c(O)c(CNC=O)c1. The monoisotopic (exact) mass is 179 g/mol. The fourth-order valence-electron chi connectivity index (χ4n) is 1.33. The molecule has 3 nitrogen and oxygen atoms in total. The molecule has 1 amide bonds. The van der Waals surface area contributed by atoms with Gasteiger partial charge in [0.15, 0.2) is 0 Å². The van der Waals surface area contributed by atoms with Crippen molar-refractivity contribution in [3.05, 3.63) is 28.8 Å². The molecule has 1 rings (SSSR count). The first-order chi connectivity index (χ1) is 6.15. The summed E-state index contributed by atoms with van der Waals surface area (Å²) in [7, 11) is 0. The van der Waals surface area contributed by atoms with Crippen molar-refractivity contribution < 1.29 is 9.90 Å². The predicted octanol–water partition coefficient (Wildman–Crippen LogP) is 1.26. The van der Waals surface area contributed by atoms with E-state index in [9.17, 15) is 9.90 Å². The molecule has 70 valence electrons. The van der Waals surface area contributed by atoms with E-state index in [0.29, 0.717) is 13.0 Å². The van der Waals surface area contributed by atoms with Crippen LogP contribution in [0.25, 0.3) is 0 Å². The number of hydrogen-bond donors (Lipinski definition) is 2. The number of rotatable bonds is 3. The van der Waals surface area contributed by atoms with Crippen LogP contribution < -0.4 is 5.32 Å². The zero-order valence-electron chi connectivity index (χ0n) is 7.79. The Kier molecular flexibility index (Phi) is 2.90. The molecule has 0 aromatic heterocycles. The van der Waals surface area contributed by atoms with Gasteiger partial charge in [0, 0.05) is 12.1 Å². The minimum atomic E-state index is 0.264. The lowest BCUT2D eigenvalue weighted by atomic mass is 10.1. The van der Waals surface area contributed by atoms with E-state index in [1.165, 1.54) is 0 Å². The van der Waals surface area contributed by atoms with Crippen molar-refractivity contribution in [1.82, 2.24) is 5.32 Å². The lowest BCUT2D eigenvalue weighted by Crippen LogP contribution is -2.10. The third-order valence-electron chi connectivity index (χ3n) is 1.90. The van der Waals surface area contributed by atoms with Crippen LogP contribution in [0.4, 0.5) is 0 Å². The van der Waals surface area contributed by atoms with Gasteiger partial charge in [-0.2, -0.15) is 0 Å². The molecule has 0 saturated carbocycles. The molecule has 0 atom stereocenters. The van der Waals surface area contributed by atoms with Gasteiger partial charge >= 0.3 is 0 Å². The van der Waals surface area contributed by atoms with Gasteiger partial charge in [-0.05, 0) is 19.4 Å². The third kappa shape index (κ3) is 2.21. The summed E-state index contributed by atoms with van der Waals surface area (Å²) in [5.41, 5.74) is 2.67.